The van der Waals surface area contributed by atoms with Crippen LogP contribution in [0.4, 0.5) is 18.9 Å². The molecule has 184 valence electrons. The van der Waals surface area contributed by atoms with E-state index in [2.05, 4.69) is 30.9 Å². The Labute approximate surface area is 203 Å². The van der Waals surface area contributed by atoms with E-state index in [-0.39, 0.29) is 5.91 Å². The molecular weight excluding hydrogens is 473 g/mol. The second-order valence-corrected chi connectivity index (χ2v) is 8.45. The third kappa shape index (κ3) is 4.51. The van der Waals surface area contributed by atoms with Gasteiger partial charge >= 0.3 is 6.18 Å². The molecule has 0 radical (unpaired) electrons. The van der Waals surface area contributed by atoms with E-state index in [0.29, 0.717) is 47.8 Å². The van der Waals surface area contributed by atoms with Crippen LogP contribution in [0.3, 0.4) is 0 Å². The average Bonchev–Trinajstić information content (AvgIpc) is 3.50. The summed E-state index contributed by atoms with van der Waals surface area (Å²) in [6.45, 7) is 2.38. The Morgan fingerprint density at radius 3 is 2.50 bits per heavy atom. The van der Waals surface area contributed by atoms with E-state index in [4.69, 9.17) is 4.74 Å². The second-order valence-electron chi connectivity index (χ2n) is 8.45. The number of H-pyrrole nitrogens is 1. The number of amides is 1. The highest BCUT2D eigenvalue weighted by Crippen LogP contribution is 2.49. The van der Waals surface area contributed by atoms with Gasteiger partial charge in [-0.15, -0.1) is 10.2 Å². The van der Waals surface area contributed by atoms with Gasteiger partial charge < -0.3 is 10.1 Å². The number of alkyl halides is 3. The van der Waals surface area contributed by atoms with Crippen molar-refractivity contribution in [2.75, 3.05) is 11.9 Å². The zero-order valence-corrected chi connectivity index (χ0v) is 19.1. The Balaban J connectivity index is 1.44. The fraction of sp³-hybridized carbons (Fsp3) is 0.240. The van der Waals surface area contributed by atoms with Gasteiger partial charge in [-0.05, 0) is 66.4 Å². The zero-order valence-electron chi connectivity index (χ0n) is 19.1. The van der Waals surface area contributed by atoms with Crippen LogP contribution in [0, 0.1) is 0 Å². The van der Waals surface area contributed by atoms with Crippen LogP contribution in [0.1, 0.15) is 30.9 Å². The van der Waals surface area contributed by atoms with Crippen molar-refractivity contribution in [2.45, 2.75) is 31.4 Å². The van der Waals surface area contributed by atoms with Gasteiger partial charge in [0.1, 0.15) is 5.75 Å². The molecule has 5 rings (SSSR count). The van der Waals surface area contributed by atoms with Gasteiger partial charge in [-0.25, -0.2) is 0 Å². The normalized spacial score (nSPS) is 14.3. The molecule has 0 bridgehead atoms. The van der Waals surface area contributed by atoms with Gasteiger partial charge in [0.25, 0.3) is 0 Å². The van der Waals surface area contributed by atoms with Crippen molar-refractivity contribution >= 4 is 11.6 Å². The summed E-state index contributed by atoms with van der Waals surface area (Å²) in [5.74, 6) is 0.652. The third-order valence-electron chi connectivity index (χ3n) is 6.15. The van der Waals surface area contributed by atoms with E-state index in [0.717, 1.165) is 23.3 Å². The molecule has 0 saturated heterocycles. The number of rotatable bonds is 7. The number of ether oxygens (including phenoxy) is 1. The molecule has 8 nitrogen and oxygen atoms in total. The SMILES string of the molecule is CCOc1cncc(-c2ccc(NC(=O)C3(c4ccc(C(F)(F)F)cc4)CC3)cc2-c2nn[nH]n2)c1. The predicted molar refractivity (Wildman–Crippen MR) is 125 cm³/mol. The number of halogens is 3. The quantitative estimate of drug-likeness (QED) is 0.374. The highest BCUT2D eigenvalue weighted by molar-refractivity contribution is 6.02. The number of nitrogens with zero attached hydrogens (tertiary/aromatic N) is 4. The molecule has 11 heteroatoms. The second kappa shape index (κ2) is 9.06. The Hall–Kier alpha value is -4.28. The van der Waals surface area contributed by atoms with E-state index in [1.165, 1.54) is 12.1 Å². The molecule has 1 aliphatic rings. The molecule has 0 unspecified atom stereocenters. The minimum absolute atomic E-state index is 0.283. The molecule has 1 saturated carbocycles. The molecule has 36 heavy (non-hydrogen) atoms. The summed E-state index contributed by atoms with van der Waals surface area (Å²) >= 11 is 0. The van der Waals surface area contributed by atoms with Crippen molar-refractivity contribution in [2.24, 2.45) is 0 Å². The van der Waals surface area contributed by atoms with Crippen LogP contribution < -0.4 is 10.1 Å². The van der Waals surface area contributed by atoms with E-state index in [1.54, 1.807) is 24.5 Å². The number of aromatic amines is 1. The van der Waals surface area contributed by atoms with E-state index in [1.807, 2.05) is 19.1 Å². The van der Waals surface area contributed by atoms with Gasteiger partial charge in [-0.2, -0.15) is 18.4 Å². The van der Waals surface area contributed by atoms with Gasteiger partial charge in [-0.1, -0.05) is 18.2 Å². The lowest BCUT2D eigenvalue weighted by Crippen LogP contribution is -2.28. The van der Waals surface area contributed by atoms with Crippen LogP contribution >= 0.6 is 0 Å². The van der Waals surface area contributed by atoms with E-state index < -0.39 is 17.2 Å². The summed E-state index contributed by atoms with van der Waals surface area (Å²) in [6, 6.07) is 11.9. The molecule has 1 aliphatic carbocycles. The molecular formula is C25H21F3N6O2. The topological polar surface area (TPSA) is 106 Å². The van der Waals surface area contributed by atoms with Crippen LogP contribution in [-0.2, 0) is 16.4 Å². The first kappa shape index (κ1) is 23.5. The van der Waals surface area contributed by atoms with Crippen molar-refractivity contribution < 1.29 is 22.7 Å². The Bertz CT molecular complexity index is 1380. The largest absolute Gasteiger partial charge is 0.492 e. The van der Waals surface area contributed by atoms with Crippen molar-refractivity contribution in [1.82, 2.24) is 25.6 Å². The predicted octanol–water partition coefficient (Wildman–Crippen LogP) is 5.02. The lowest BCUT2D eigenvalue weighted by atomic mass is 9.93. The number of pyridine rings is 1. The first-order chi connectivity index (χ1) is 17.3. The van der Waals surface area contributed by atoms with Gasteiger partial charge in [0, 0.05) is 23.0 Å². The summed E-state index contributed by atoms with van der Waals surface area (Å²) < 4.78 is 44.4. The standard InChI is InChI=1S/C25H21F3N6O2/c1-2-36-19-11-15(13-29-14-19)20-8-7-18(12-21(20)22-31-33-34-32-22)30-23(35)24(9-10-24)16-3-5-17(6-4-16)25(26,27)28/h3-8,11-14H,2,9-10H2,1H3,(H,30,35)(H,31,32,33,34). The highest BCUT2D eigenvalue weighted by Gasteiger charge is 2.51. The number of nitrogens with one attached hydrogen (secondary N) is 2. The van der Waals surface area contributed by atoms with Gasteiger partial charge in [0.15, 0.2) is 0 Å². The Morgan fingerprint density at radius 2 is 1.86 bits per heavy atom. The fourth-order valence-corrected chi connectivity index (χ4v) is 4.15. The average molecular weight is 494 g/mol. The van der Waals surface area contributed by atoms with Crippen molar-refractivity contribution in [1.29, 1.82) is 0 Å². The number of anilines is 1. The maximum Gasteiger partial charge on any atom is 0.416 e. The molecule has 2 heterocycles. The summed E-state index contributed by atoms with van der Waals surface area (Å²) in [4.78, 5) is 17.5. The molecule has 4 aromatic rings. The number of benzene rings is 2. The van der Waals surface area contributed by atoms with Gasteiger partial charge in [0.2, 0.25) is 11.7 Å². The fourth-order valence-electron chi connectivity index (χ4n) is 4.15. The molecule has 2 N–H and O–H groups in total. The summed E-state index contributed by atoms with van der Waals surface area (Å²) in [6.07, 6.45) is -0.0241. The summed E-state index contributed by atoms with van der Waals surface area (Å²) in [5.41, 5.74) is 1.58. The minimum atomic E-state index is -4.43. The monoisotopic (exact) mass is 494 g/mol. The highest BCUT2D eigenvalue weighted by atomic mass is 19.4. The summed E-state index contributed by atoms with van der Waals surface area (Å²) in [5, 5.41) is 17.2. The number of carbonyl (C=O) groups is 1. The first-order valence-electron chi connectivity index (χ1n) is 11.3. The van der Waals surface area contributed by atoms with Gasteiger partial charge in [0.05, 0.1) is 23.8 Å². The van der Waals surface area contributed by atoms with Crippen LogP contribution in [-0.4, -0.2) is 38.1 Å². The lowest BCUT2D eigenvalue weighted by Gasteiger charge is -2.18. The van der Waals surface area contributed by atoms with E-state index in [9.17, 15) is 18.0 Å². The number of carbonyl (C=O) groups excluding carboxylic acids is 1. The molecule has 1 amide bonds. The zero-order chi connectivity index (χ0) is 25.3. The lowest BCUT2D eigenvalue weighted by molar-refractivity contribution is -0.137. The number of hydrogen-bond donors (Lipinski definition) is 2. The maximum absolute atomic E-state index is 13.2. The summed E-state index contributed by atoms with van der Waals surface area (Å²) in [7, 11) is 0. The smallest absolute Gasteiger partial charge is 0.416 e. The Kier molecular flexibility index (Phi) is 5.91. The van der Waals surface area contributed by atoms with E-state index >= 15 is 0 Å². The van der Waals surface area contributed by atoms with Crippen LogP contribution in [0.25, 0.3) is 22.5 Å². The molecule has 1 fully saturated rings. The molecule has 2 aromatic carbocycles. The number of hydrogen-bond acceptors (Lipinski definition) is 6. The van der Waals surface area contributed by atoms with Crippen molar-refractivity contribution in [3.63, 3.8) is 0 Å². The number of tetrazole rings is 1. The van der Waals surface area contributed by atoms with Crippen molar-refractivity contribution in [3.8, 4) is 28.3 Å². The van der Waals surface area contributed by atoms with Crippen LogP contribution in [0.5, 0.6) is 5.75 Å². The van der Waals surface area contributed by atoms with Crippen LogP contribution in [0.2, 0.25) is 0 Å². The Morgan fingerprint density at radius 1 is 1.08 bits per heavy atom. The maximum atomic E-state index is 13.2. The molecule has 2 aromatic heterocycles. The molecule has 0 aliphatic heterocycles. The first-order valence-corrected chi connectivity index (χ1v) is 11.3. The third-order valence-corrected chi connectivity index (χ3v) is 6.15. The molecule has 0 atom stereocenters. The van der Waals surface area contributed by atoms with Gasteiger partial charge in [-0.3, -0.25) is 9.78 Å². The minimum Gasteiger partial charge on any atom is -0.492 e. The van der Waals surface area contributed by atoms with Crippen LogP contribution in [0.15, 0.2) is 60.9 Å². The molecule has 0 spiro atoms. The van der Waals surface area contributed by atoms with Crippen molar-refractivity contribution in [3.05, 3.63) is 72.1 Å². The number of aromatic nitrogens is 5.